The van der Waals surface area contributed by atoms with Crippen LogP contribution in [0.1, 0.15) is 0 Å². The van der Waals surface area contributed by atoms with Gasteiger partial charge in [0.25, 0.3) is 0 Å². The Morgan fingerprint density at radius 2 is 1.33 bits per heavy atom. The first-order valence-corrected chi connectivity index (χ1v) is 6.41. The third kappa shape index (κ3) is 2.09. The van der Waals surface area contributed by atoms with Crippen LogP contribution in [0.2, 0.25) is 0 Å². The maximum Gasteiger partial charge on any atom is 0.227 e. The van der Waals surface area contributed by atoms with Gasteiger partial charge in [-0.25, -0.2) is 4.98 Å². The molecule has 3 aromatic rings. The minimum absolute atomic E-state index is 0.626. The molecule has 18 heavy (non-hydrogen) atoms. The molecule has 0 radical (unpaired) electrons. The lowest BCUT2D eigenvalue weighted by Crippen LogP contribution is -1.74. The van der Waals surface area contributed by atoms with Crippen molar-refractivity contribution in [2.24, 2.45) is 0 Å². The fraction of sp³-hybridized carbons (Fsp3) is 0. The number of rotatable bonds is 2. The number of benzene rings is 2. The fourth-order valence-corrected chi connectivity index (χ4v) is 2.24. The summed E-state index contributed by atoms with van der Waals surface area (Å²) in [5.74, 6) is 1.38. The molecule has 0 fully saturated rings. The molecule has 0 atom stereocenters. The Balaban J connectivity index is 2.07. The van der Waals surface area contributed by atoms with Crippen molar-refractivity contribution in [2.45, 2.75) is 0 Å². The molecular weight excluding hydrogens is 290 g/mol. The molecule has 0 aliphatic carbocycles. The lowest BCUT2D eigenvalue weighted by molar-refractivity contribution is 0.588. The van der Waals surface area contributed by atoms with E-state index < -0.39 is 0 Å². The van der Waals surface area contributed by atoms with Crippen LogP contribution in [0, 0.1) is 0 Å². The zero-order valence-corrected chi connectivity index (χ0v) is 11.1. The van der Waals surface area contributed by atoms with Crippen LogP contribution in [0.5, 0.6) is 0 Å². The van der Waals surface area contributed by atoms with E-state index in [0.717, 1.165) is 21.5 Å². The van der Waals surface area contributed by atoms with E-state index in [-0.39, 0.29) is 0 Å². The Morgan fingerprint density at radius 1 is 0.778 bits per heavy atom. The largest absolute Gasteiger partial charge is 0.435 e. The average molecular weight is 300 g/mol. The van der Waals surface area contributed by atoms with Crippen LogP contribution >= 0.6 is 15.9 Å². The Hall–Kier alpha value is -1.87. The lowest BCUT2D eigenvalue weighted by Gasteiger charge is -1.96. The van der Waals surface area contributed by atoms with E-state index in [0.29, 0.717) is 5.89 Å². The topological polar surface area (TPSA) is 26.0 Å². The van der Waals surface area contributed by atoms with E-state index in [1.165, 1.54) is 0 Å². The number of hydrogen-bond donors (Lipinski definition) is 0. The normalized spacial score (nSPS) is 10.5. The third-order valence-corrected chi connectivity index (χ3v) is 3.18. The Bertz CT molecular complexity index is 647. The highest BCUT2D eigenvalue weighted by Gasteiger charge is 2.13. The molecule has 0 saturated carbocycles. The highest BCUT2D eigenvalue weighted by atomic mass is 79.9. The predicted octanol–water partition coefficient (Wildman–Crippen LogP) is 4.77. The van der Waals surface area contributed by atoms with Crippen LogP contribution in [0.25, 0.3) is 22.8 Å². The van der Waals surface area contributed by atoms with Gasteiger partial charge in [-0.2, -0.15) is 0 Å². The van der Waals surface area contributed by atoms with E-state index in [4.69, 9.17) is 4.42 Å². The van der Waals surface area contributed by atoms with Gasteiger partial charge in [-0.15, -0.1) is 0 Å². The molecule has 0 unspecified atom stereocenters. The number of oxazole rings is 1. The molecule has 3 heteroatoms. The second kappa shape index (κ2) is 4.78. The van der Waals surface area contributed by atoms with E-state index in [2.05, 4.69) is 20.9 Å². The van der Waals surface area contributed by atoms with Gasteiger partial charge in [0, 0.05) is 11.1 Å². The lowest BCUT2D eigenvalue weighted by atomic mass is 10.2. The molecule has 0 aliphatic rings. The van der Waals surface area contributed by atoms with Crippen LogP contribution < -0.4 is 0 Å². The highest BCUT2D eigenvalue weighted by Crippen LogP contribution is 2.32. The van der Waals surface area contributed by atoms with Gasteiger partial charge >= 0.3 is 0 Å². The van der Waals surface area contributed by atoms with Gasteiger partial charge in [0.05, 0.1) is 0 Å². The summed E-state index contributed by atoms with van der Waals surface area (Å²) < 4.78 is 6.56. The fourth-order valence-electron chi connectivity index (χ4n) is 1.77. The van der Waals surface area contributed by atoms with E-state index in [9.17, 15) is 0 Å². The summed E-state index contributed by atoms with van der Waals surface area (Å²) in [7, 11) is 0. The molecule has 2 aromatic carbocycles. The Labute approximate surface area is 113 Å². The summed E-state index contributed by atoms with van der Waals surface area (Å²) in [6.45, 7) is 0. The quantitative estimate of drug-likeness (QED) is 0.681. The minimum Gasteiger partial charge on any atom is -0.435 e. The molecule has 0 aliphatic heterocycles. The average Bonchev–Trinajstić information content (AvgIpc) is 2.83. The molecule has 1 heterocycles. The number of hydrogen-bond acceptors (Lipinski definition) is 2. The first kappa shape index (κ1) is 11.2. The molecule has 3 rings (SSSR count). The predicted molar refractivity (Wildman–Crippen MR) is 75.1 cm³/mol. The van der Waals surface area contributed by atoms with Crippen LogP contribution in [-0.4, -0.2) is 4.98 Å². The smallest absolute Gasteiger partial charge is 0.227 e. The van der Waals surface area contributed by atoms with Gasteiger partial charge in [0.2, 0.25) is 5.89 Å². The van der Waals surface area contributed by atoms with Gasteiger partial charge in [0.15, 0.2) is 10.4 Å². The molecule has 0 saturated heterocycles. The van der Waals surface area contributed by atoms with Crippen molar-refractivity contribution in [3.8, 4) is 22.8 Å². The standard InChI is InChI=1S/C15H10BrNO/c16-14-13(11-7-3-1-4-8-11)18-15(17-14)12-9-5-2-6-10-12/h1-10H. The molecule has 88 valence electrons. The van der Waals surface area contributed by atoms with E-state index in [1.54, 1.807) is 0 Å². The van der Waals surface area contributed by atoms with Crippen LogP contribution in [0.3, 0.4) is 0 Å². The van der Waals surface area contributed by atoms with Crippen LogP contribution in [-0.2, 0) is 0 Å². The molecule has 0 amide bonds. The van der Waals surface area contributed by atoms with Crippen molar-refractivity contribution in [1.29, 1.82) is 0 Å². The van der Waals surface area contributed by atoms with Crippen molar-refractivity contribution < 1.29 is 4.42 Å². The summed E-state index contributed by atoms with van der Waals surface area (Å²) in [6, 6.07) is 19.8. The van der Waals surface area contributed by atoms with E-state index in [1.807, 2.05) is 60.7 Å². The molecular formula is C15H10BrNO. The van der Waals surface area contributed by atoms with Gasteiger partial charge in [-0.1, -0.05) is 48.5 Å². The molecule has 0 bridgehead atoms. The summed E-state index contributed by atoms with van der Waals surface area (Å²) in [5.41, 5.74) is 1.99. The van der Waals surface area contributed by atoms with Crippen molar-refractivity contribution in [1.82, 2.24) is 4.98 Å². The van der Waals surface area contributed by atoms with Crippen LogP contribution in [0.15, 0.2) is 69.7 Å². The number of nitrogens with zero attached hydrogens (tertiary/aromatic N) is 1. The Morgan fingerprint density at radius 3 is 1.94 bits per heavy atom. The number of halogens is 1. The monoisotopic (exact) mass is 299 g/mol. The first-order valence-electron chi connectivity index (χ1n) is 5.62. The maximum atomic E-state index is 5.83. The van der Waals surface area contributed by atoms with Crippen molar-refractivity contribution >= 4 is 15.9 Å². The molecule has 0 spiro atoms. The summed E-state index contributed by atoms with van der Waals surface area (Å²) in [6.07, 6.45) is 0. The van der Waals surface area contributed by atoms with Crippen molar-refractivity contribution in [3.05, 3.63) is 65.3 Å². The first-order chi connectivity index (χ1) is 8.84. The van der Waals surface area contributed by atoms with Crippen molar-refractivity contribution in [2.75, 3.05) is 0 Å². The summed E-state index contributed by atoms with van der Waals surface area (Å²) in [5, 5.41) is 0. The third-order valence-electron chi connectivity index (χ3n) is 2.64. The maximum absolute atomic E-state index is 5.83. The SMILES string of the molecule is Brc1nc(-c2ccccc2)oc1-c1ccccc1. The minimum atomic E-state index is 0.626. The van der Waals surface area contributed by atoms with Crippen molar-refractivity contribution in [3.63, 3.8) is 0 Å². The van der Waals surface area contributed by atoms with Gasteiger partial charge in [0.1, 0.15) is 0 Å². The van der Waals surface area contributed by atoms with Gasteiger partial charge in [-0.3, -0.25) is 0 Å². The van der Waals surface area contributed by atoms with Gasteiger partial charge < -0.3 is 4.42 Å². The summed E-state index contributed by atoms with van der Waals surface area (Å²) in [4.78, 5) is 4.41. The van der Waals surface area contributed by atoms with E-state index >= 15 is 0 Å². The molecule has 1 aromatic heterocycles. The second-order valence-electron chi connectivity index (χ2n) is 3.87. The number of aromatic nitrogens is 1. The zero-order chi connectivity index (χ0) is 12.4. The Kier molecular flexibility index (Phi) is 2.99. The molecule has 2 nitrogen and oxygen atoms in total. The zero-order valence-electron chi connectivity index (χ0n) is 9.51. The highest BCUT2D eigenvalue weighted by molar-refractivity contribution is 9.10. The molecule has 0 N–H and O–H groups in total. The van der Waals surface area contributed by atoms with Crippen LogP contribution in [0.4, 0.5) is 0 Å². The second-order valence-corrected chi connectivity index (χ2v) is 4.62. The summed E-state index contributed by atoms with van der Waals surface area (Å²) >= 11 is 3.45. The van der Waals surface area contributed by atoms with Gasteiger partial charge in [-0.05, 0) is 28.1 Å².